The molecule has 5 heteroatoms. The van der Waals surface area contributed by atoms with Crippen LogP contribution in [-0.4, -0.2) is 9.78 Å². The third-order valence-corrected chi connectivity index (χ3v) is 3.65. The summed E-state index contributed by atoms with van der Waals surface area (Å²) in [7, 11) is 0. The van der Waals surface area contributed by atoms with E-state index < -0.39 is 0 Å². The fraction of sp³-hybridized carbons (Fsp3) is 0.200. The Balaban J connectivity index is 2.18. The summed E-state index contributed by atoms with van der Waals surface area (Å²) in [6, 6.07) is 9.04. The second kappa shape index (κ2) is 4.80. The van der Waals surface area contributed by atoms with Crippen LogP contribution in [0.3, 0.4) is 0 Å². The zero-order valence-electron chi connectivity index (χ0n) is 11.2. The first-order valence-corrected chi connectivity index (χ1v) is 6.65. The van der Waals surface area contributed by atoms with Gasteiger partial charge in [-0.05, 0) is 31.0 Å². The molecule has 0 aliphatic carbocycles. The summed E-state index contributed by atoms with van der Waals surface area (Å²) in [5, 5.41) is 6.01. The lowest BCUT2D eigenvalue weighted by atomic mass is 10.2. The first kappa shape index (κ1) is 12.9. The number of aryl methyl sites for hydroxylation is 2. The van der Waals surface area contributed by atoms with Gasteiger partial charge in [-0.25, -0.2) is 9.48 Å². The van der Waals surface area contributed by atoms with Crippen molar-refractivity contribution < 1.29 is 4.42 Å². The zero-order chi connectivity index (χ0) is 14.3. The van der Waals surface area contributed by atoms with E-state index in [1.807, 2.05) is 38.1 Å². The summed E-state index contributed by atoms with van der Waals surface area (Å²) in [4.78, 5) is 11.6. The van der Waals surface area contributed by atoms with Crippen LogP contribution in [0.15, 0.2) is 39.5 Å². The van der Waals surface area contributed by atoms with Gasteiger partial charge < -0.3 is 4.42 Å². The van der Waals surface area contributed by atoms with Crippen LogP contribution in [0.25, 0.3) is 11.1 Å². The summed E-state index contributed by atoms with van der Waals surface area (Å²) < 4.78 is 6.99. The van der Waals surface area contributed by atoms with E-state index >= 15 is 0 Å². The summed E-state index contributed by atoms with van der Waals surface area (Å²) in [5.74, 6) is 0. The fourth-order valence-corrected chi connectivity index (χ4v) is 2.58. The fourth-order valence-electron chi connectivity index (χ4n) is 2.39. The first-order chi connectivity index (χ1) is 9.56. The quantitative estimate of drug-likeness (QED) is 0.727. The van der Waals surface area contributed by atoms with E-state index in [-0.39, 0.29) is 5.63 Å². The van der Waals surface area contributed by atoms with Crippen molar-refractivity contribution in [2.45, 2.75) is 20.4 Å². The molecule has 0 bridgehead atoms. The summed E-state index contributed by atoms with van der Waals surface area (Å²) in [6.07, 6.45) is 0. The van der Waals surface area contributed by atoms with Crippen LogP contribution in [-0.2, 0) is 6.54 Å². The third-order valence-electron chi connectivity index (χ3n) is 3.28. The second-order valence-electron chi connectivity index (χ2n) is 4.76. The minimum absolute atomic E-state index is 0.365. The Labute approximate surface area is 120 Å². The van der Waals surface area contributed by atoms with Crippen LogP contribution in [0.4, 0.5) is 0 Å². The van der Waals surface area contributed by atoms with Gasteiger partial charge in [0.1, 0.15) is 0 Å². The van der Waals surface area contributed by atoms with Gasteiger partial charge in [0.25, 0.3) is 0 Å². The molecule has 0 atom stereocenters. The van der Waals surface area contributed by atoms with Crippen LogP contribution in [0, 0.1) is 13.8 Å². The van der Waals surface area contributed by atoms with E-state index in [0.29, 0.717) is 17.3 Å². The summed E-state index contributed by atoms with van der Waals surface area (Å²) in [6.45, 7) is 4.25. The first-order valence-electron chi connectivity index (χ1n) is 6.27. The van der Waals surface area contributed by atoms with Crippen LogP contribution in [0.1, 0.15) is 16.8 Å². The number of aromatic nitrogens is 2. The average Bonchev–Trinajstić information content (AvgIpc) is 2.69. The minimum atomic E-state index is -0.365. The van der Waals surface area contributed by atoms with Crippen LogP contribution < -0.4 is 5.63 Å². The molecule has 2 aromatic heterocycles. The zero-order valence-corrected chi connectivity index (χ0v) is 11.9. The maximum atomic E-state index is 11.6. The predicted octanol–water partition coefficient (Wildman–Crippen LogP) is 3.31. The van der Waals surface area contributed by atoms with E-state index in [0.717, 1.165) is 22.2 Å². The van der Waals surface area contributed by atoms with Gasteiger partial charge in [0, 0.05) is 11.1 Å². The van der Waals surface area contributed by atoms with Gasteiger partial charge >= 0.3 is 5.63 Å². The second-order valence-corrected chi connectivity index (χ2v) is 5.17. The topological polar surface area (TPSA) is 48.0 Å². The van der Waals surface area contributed by atoms with E-state index in [4.69, 9.17) is 16.0 Å². The van der Waals surface area contributed by atoms with Gasteiger partial charge in [-0.15, -0.1) is 0 Å². The standard InChI is InChI=1S/C15H13ClN2O2/c1-9-7-13(19)20-15-14(9)10(2)17-18(15)8-11-5-3-4-6-12(11)16/h3-7H,8H2,1-2H3. The van der Waals surface area contributed by atoms with Gasteiger partial charge in [0.15, 0.2) is 0 Å². The number of benzene rings is 1. The largest absolute Gasteiger partial charge is 0.404 e. The molecule has 0 radical (unpaired) electrons. The Hall–Kier alpha value is -2.07. The Bertz CT molecular complexity index is 849. The minimum Gasteiger partial charge on any atom is -0.404 e. The lowest BCUT2D eigenvalue weighted by Crippen LogP contribution is -2.05. The van der Waals surface area contributed by atoms with Crippen molar-refractivity contribution in [2.24, 2.45) is 0 Å². The van der Waals surface area contributed by atoms with Crippen molar-refractivity contribution in [1.82, 2.24) is 9.78 Å². The van der Waals surface area contributed by atoms with Crippen molar-refractivity contribution in [2.75, 3.05) is 0 Å². The van der Waals surface area contributed by atoms with E-state index in [2.05, 4.69) is 5.10 Å². The number of rotatable bonds is 2. The van der Waals surface area contributed by atoms with E-state index in [1.165, 1.54) is 6.07 Å². The molecule has 0 unspecified atom stereocenters. The highest BCUT2D eigenvalue weighted by Crippen LogP contribution is 2.23. The number of halogens is 1. The van der Waals surface area contributed by atoms with E-state index in [1.54, 1.807) is 4.68 Å². The van der Waals surface area contributed by atoms with Crippen molar-refractivity contribution >= 4 is 22.7 Å². The monoisotopic (exact) mass is 288 g/mol. The molecule has 0 saturated carbocycles. The number of hydrogen-bond donors (Lipinski definition) is 0. The highest BCUT2D eigenvalue weighted by Gasteiger charge is 2.14. The number of fused-ring (bicyclic) bond motifs is 1. The van der Waals surface area contributed by atoms with Crippen molar-refractivity contribution in [1.29, 1.82) is 0 Å². The molecule has 3 rings (SSSR count). The van der Waals surface area contributed by atoms with Gasteiger partial charge in [0.05, 0.1) is 17.6 Å². The highest BCUT2D eigenvalue weighted by molar-refractivity contribution is 6.31. The van der Waals surface area contributed by atoms with Crippen LogP contribution in [0.2, 0.25) is 5.02 Å². The Morgan fingerprint density at radius 1 is 1.30 bits per heavy atom. The molecule has 0 spiro atoms. The molecule has 0 amide bonds. The maximum absolute atomic E-state index is 11.6. The molecule has 0 N–H and O–H groups in total. The van der Waals surface area contributed by atoms with Crippen molar-refractivity contribution in [3.63, 3.8) is 0 Å². The van der Waals surface area contributed by atoms with Crippen molar-refractivity contribution in [3.05, 3.63) is 62.6 Å². The summed E-state index contributed by atoms with van der Waals surface area (Å²) >= 11 is 6.16. The molecule has 1 aromatic carbocycles. The Morgan fingerprint density at radius 2 is 2.05 bits per heavy atom. The summed E-state index contributed by atoms with van der Waals surface area (Å²) in [5.41, 5.74) is 2.78. The van der Waals surface area contributed by atoms with Crippen molar-refractivity contribution in [3.8, 4) is 0 Å². The van der Waals surface area contributed by atoms with Gasteiger partial charge in [-0.1, -0.05) is 29.8 Å². The molecular weight excluding hydrogens is 276 g/mol. The van der Waals surface area contributed by atoms with Gasteiger partial charge in [-0.2, -0.15) is 5.10 Å². The number of nitrogens with zero attached hydrogens (tertiary/aromatic N) is 2. The molecular formula is C15H13ClN2O2. The Kier molecular flexibility index (Phi) is 3.10. The van der Waals surface area contributed by atoms with E-state index in [9.17, 15) is 4.79 Å². The molecule has 0 aliphatic rings. The lowest BCUT2D eigenvalue weighted by Gasteiger charge is -2.04. The van der Waals surface area contributed by atoms with Crippen LogP contribution >= 0.6 is 11.6 Å². The molecule has 0 saturated heterocycles. The predicted molar refractivity (Wildman–Crippen MR) is 78.3 cm³/mol. The third kappa shape index (κ3) is 2.12. The van der Waals surface area contributed by atoms with Crippen LogP contribution in [0.5, 0.6) is 0 Å². The molecule has 0 fully saturated rings. The molecule has 2 heterocycles. The highest BCUT2D eigenvalue weighted by atomic mass is 35.5. The molecule has 3 aromatic rings. The average molecular weight is 289 g/mol. The molecule has 0 aliphatic heterocycles. The number of hydrogen-bond acceptors (Lipinski definition) is 3. The van der Waals surface area contributed by atoms with Gasteiger partial charge in [-0.3, -0.25) is 0 Å². The smallest absolute Gasteiger partial charge is 0.337 e. The molecule has 4 nitrogen and oxygen atoms in total. The lowest BCUT2D eigenvalue weighted by molar-refractivity contribution is 0.512. The Morgan fingerprint density at radius 3 is 2.80 bits per heavy atom. The SMILES string of the molecule is Cc1cc(=O)oc2c1c(C)nn2Cc1ccccc1Cl. The molecule has 20 heavy (non-hydrogen) atoms. The molecule has 102 valence electrons. The van der Waals surface area contributed by atoms with Gasteiger partial charge in [0.2, 0.25) is 5.71 Å². The maximum Gasteiger partial charge on any atom is 0.337 e. The normalized spacial score (nSPS) is 11.2.